The lowest BCUT2D eigenvalue weighted by Gasteiger charge is -2.31. The van der Waals surface area contributed by atoms with Gasteiger partial charge in [-0.3, -0.25) is 14.6 Å². The van der Waals surface area contributed by atoms with Gasteiger partial charge in [0.25, 0.3) is 0 Å². The van der Waals surface area contributed by atoms with Gasteiger partial charge in [0.15, 0.2) is 5.82 Å². The summed E-state index contributed by atoms with van der Waals surface area (Å²) in [5.74, 6) is -0.00461. The van der Waals surface area contributed by atoms with E-state index in [4.69, 9.17) is 15.5 Å². The third-order valence-corrected chi connectivity index (χ3v) is 9.83. The molecule has 8 rings (SSSR count). The molecule has 44 heavy (non-hydrogen) atoms. The molecule has 0 amide bonds. The van der Waals surface area contributed by atoms with Gasteiger partial charge in [-0.2, -0.15) is 15.1 Å². The molecule has 0 unspecified atom stereocenters. The predicted octanol–water partition coefficient (Wildman–Crippen LogP) is 5.63. The molecular weight excluding hydrogens is 562 g/mol. The van der Waals surface area contributed by atoms with E-state index in [0.717, 1.165) is 63.0 Å². The third kappa shape index (κ3) is 4.28. The van der Waals surface area contributed by atoms with Crippen LogP contribution in [0.1, 0.15) is 43.4 Å². The van der Waals surface area contributed by atoms with Crippen LogP contribution in [-0.4, -0.2) is 61.4 Å². The summed E-state index contributed by atoms with van der Waals surface area (Å²) in [7, 11) is 0. The Morgan fingerprint density at radius 2 is 1.77 bits per heavy atom. The zero-order valence-electron chi connectivity index (χ0n) is 24.7. The Labute approximate surface area is 253 Å². The van der Waals surface area contributed by atoms with Crippen LogP contribution in [0.4, 0.5) is 20.4 Å². The lowest BCUT2D eigenvalue weighted by Crippen LogP contribution is -2.43. The molecule has 226 valence electrons. The summed E-state index contributed by atoms with van der Waals surface area (Å²) in [5.41, 5.74) is 8.58. The number of nitrogen functional groups attached to an aromatic ring is 1. The quantitative estimate of drug-likeness (QED) is 0.279. The monoisotopic (exact) mass is 596 g/mol. The molecule has 0 spiro atoms. The highest BCUT2D eigenvalue weighted by molar-refractivity contribution is 5.99. The first-order valence-corrected chi connectivity index (χ1v) is 15.4. The van der Waals surface area contributed by atoms with E-state index >= 15 is 8.78 Å². The highest BCUT2D eigenvalue weighted by atomic mass is 19.1. The van der Waals surface area contributed by atoms with Crippen molar-refractivity contribution in [1.82, 2.24) is 29.6 Å². The molecule has 2 fully saturated rings. The molecule has 6 heterocycles. The second-order valence-electron chi connectivity index (χ2n) is 12.3. The normalized spacial score (nSPS) is 18.1. The number of hydrogen-bond donors (Lipinski definition) is 1. The predicted molar refractivity (Wildman–Crippen MR) is 166 cm³/mol. The Morgan fingerprint density at radius 1 is 0.977 bits per heavy atom. The van der Waals surface area contributed by atoms with Crippen LogP contribution < -0.4 is 15.4 Å². The molecule has 0 aliphatic carbocycles. The van der Waals surface area contributed by atoms with Crippen molar-refractivity contribution in [3.8, 4) is 17.3 Å². The minimum Gasteiger partial charge on any atom is -0.461 e. The van der Waals surface area contributed by atoms with E-state index in [1.54, 1.807) is 36.5 Å². The molecule has 2 saturated heterocycles. The van der Waals surface area contributed by atoms with Crippen LogP contribution in [0, 0.1) is 18.6 Å². The van der Waals surface area contributed by atoms with Crippen molar-refractivity contribution in [2.45, 2.75) is 57.7 Å². The number of nitrogens with two attached hydrogens (primary N) is 1. The number of rotatable bonds is 5. The van der Waals surface area contributed by atoms with Crippen molar-refractivity contribution in [3.05, 3.63) is 65.5 Å². The Hall–Kier alpha value is -4.38. The number of anilines is 2. The summed E-state index contributed by atoms with van der Waals surface area (Å²) in [6.45, 7) is 6.45. The molecule has 3 aliphatic heterocycles. The maximum absolute atomic E-state index is 16.7. The van der Waals surface area contributed by atoms with Crippen LogP contribution in [0.5, 0.6) is 6.01 Å². The zero-order valence-corrected chi connectivity index (χ0v) is 24.7. The summed E-state index contributed by atoms with van der Waals surface area (Å²) in [6, 6.07) is 10.2. The van der Waals surface area contributed by atoms with Gasteiger partial charge in [0.1, 0.15) is 35.3 Å². The van der Waals surface area contributed by atoms with Crippen LogP contribution in [0.2, 0.25) is 0 Å². The number of aromatic nitrogens is 5. The zero-order chi connectivity index (χ0) is 30.0. The number of nitrogens with zero attached hydrogens (tertiary/aromatic N) is 7. The Kier molecular flexibility index (Phi) is 6.40. The SMILES string of the molecule is Cc1c(N)nn2c1CN(c1nc(OCC34CCCN3CCC4)nc3c(F)c(-c4cccc5cccc(F)c45)ncc13)CCC2. The molecule has 9 nitrogen and oxygen atoms in total. The third-order valence-electron chi connectivity index (χ3n) is 9.83. The van der Waals surface area contributed by atoms with E-state index in [0.29, 0.717) is 53.1 Å². The fraction of sp³-hybridized carbons (Fsp3) is 0.394. The minimum absolute atomic E-state index is 0.0232. The standard InChI is InChI=1S/C33H34F2N8O/c1-20-25-18-41(13-6-16-43(25)40-30(20)36)31-23-17-37-28(22-9-2-7-21-8-3-10-24(34)26(21)22)27(35)29(23)38-32(39-31)44-19-33-11-4-14-42(33)15-5-12-33/h2-3,7-10,17H,4-6,11-16,18-19H2,1H3,(H2,36,40). The average Bonchev–Trinajstić information content (AvgIpc) is 3.63. The topological polar surface area (TPSA) is 98.2 Å². The van der Waals surface area contributed by atoms with Crippen molar-refractivity contribution in [2.75, 3.05) is 36.9 Å². The number of aryl methyl sites for hydroxylation is 1. The second-order valence-corrected chi connectivity index (χ2v) is 12.3. The molecule has 2 aromatic carbocycles. The molecular formula is C33H34F2N8O. The van der Waals surface area contributed by atoms with Gasteiger partial charge in [0.05, 0.1) is 23.2 Å². The van der Waals surface area contributed by atoms with Gasteiger partial charge < -0.3 is 15.4 Å². The van der Waals surface area contributed by atoms with Crippen LogP contribution in [0.25, 0.3) is 32.9 Å². The van der Waals surface area contributed by atoms with Gasteiger partial charge in [-0.15, -0.1) is 0 Å². The molecule has 5 aromatic rings. The molecule has 0 bridgehead atoms. The van der Waals surface area contributed by atoms with E-state index in [2.05, 4.69) is 24.9 Å². The summed E-state index contributed by atoms with van der Waals surface area (Å²) in [4.78, 5) is 18.7. The number of benzene rings is 2. The van der Waals surface area contributed by atoms with E-state index in [9.17, 15) is 0 Å². The van der Waals surface area contributed by atoms with E-state index in [1.165, 1.54) is 6.07 Å². The van der Waals surface area contributed by atoms with Gasteiger partial charge >= 0.3 is 6.01 Å². The highest BCUT2D eigenvalue weighted by Gasteiger charge is 2.45. The van der Waals surface area contributed by atoms with Crippen LogP contribution in [0.15, 0.2) is 42.6 Å². The van der Waals surface area contributed by atoms with Crippen molar-refractivity contribution in [1.29, 1.82) is 0 Å². The number of hydrogen-bond acceptors (Lipinski definition) is 8. The van der Waals surface area contributed by atoms with Crippen LogP contribution in [0.3, 0.4) is 0 Å². The summed E-state index contributed by atoms with van der Waals surface area (Å²) >= 11 is 0. The Bertz CT molecular complexity index is 1910. The molecule has 3 aromatic heterocycles. The molecule has 0 radical (unpaired) electrons. The first-order chi connectivity index (χ1) is 21.4. The molecule has 0 atom stereocenters. The highest BCUT2D eigenvalue weighted by Crippen LogP contribution is 2.40. The average molecular weight is 597 g/mol. The van der Waals surface area contributed by atoms with Crippen molar-refractivity contribution < 1.29 is 13.5 Å². The molecule has 0 saturated carbocycles. The Morgan fingerprint density at radius 3 is 2.59 bits per heavy atom. The summed E-state index contributed by atoms with van der Waals surface area (Å²) in [6.07, 6.45) is 6.82. The largest absolute Gasteiger partial charge is 0.461 e. The van der Waals surface area contributed by atoms with E-state index in [1.807, 2.05) is 11.6 Å². The smallest absolute Gasteiger partial charge is 0.319 e. The van der Waals surface area contributed by atoms with E-state index in [-0.39, 0.29) is 22.8 Å². The fourth-order valence-corrected chi connectivity index (χ4v) is 7.51. The van der Waals surface area contributed by atoms with Gasteiger partial charge in [-0.05, 0) is 63.6 Å². The van der Waals surface area contributed by atoms with Crippen molar-refractivity contribution in [2.24, 2.45) is 0 Å². The summed E-state index contributed by atoms with van der Waals surface area (Å²) < 4.78 is 40.1. The number of pyridine rings is 1. The van der Waals surface area contributed by atoms with E-state index < -0.39 is 11.6 Å². The lowest BCUT2D eigenvalue weighted by molar-refractivity contribution is 0.108. The van der Waals surface area contributed by atoms with Crippen LogP contribution >= 0.6 is 0 Å². The van der Waals surface area contributed by atoms with Gasteiger partial charge in [0, 0.05) is 35.8 Å². The van der Waals surface area contributed by atoms with Crippen molar-refractivity contribution in [3.63, 3.8) is 0 Å². The number of fused-ring (bicyclic) bond motifs is 4. The van der Waals surface area contributed by atoms with Crippen LogP contribution in [-0.2, 0) is 13.1 Å². The Balaban J connectivity index is 1.27. The second kappa shape index (κ2) is 10.4. The minimum atomic E-state index is -0.631. The molecule has 2 N–H and O–H groups in total. The maximum Gasteiger partial charge on any atom is 0.319 e. The van der Waals surface area contributed by atoms with Crippen molar-refractivity contribution >= 4 is 33.3 Å². The van der Waals surface area contributed by atoms with Gasteiger partial charge in [0.2, 0.25) is 0 Å². The number of ether oxygens (including phenoxy) is 1. The van der Waals surface area contributed by atoms with Gasteiger partial charge in [-0.1, -0.05) is 30.3 Å². The fourth-order valence-electron chi connectivity index (χ4n) is 7.51. The molecule has 11 heteroatoms. The van der Waals surface area contributed by atoms with Gasteiger partial charge in [-0.25, -0.2) is 8.78 Å². The lowest BCUT2D eigenvalue weighted by atomic mass is 9.95. The maximum atomic E-state index is 16.7. The number of halogens is 2. The first-order valence-electron chi connectivity index (χ1n) is 15.4. The summed E-state index contributed by atoms with van der Waals surface area (Å²) in [5, 5.41) is 5.98. The first kappa shape index (κ1) is 27.2. The molecule has 3 aliphatic rings.